The van der Waals surface area contributed by atoms with E-state index in [1.54, 1.807) is 0 Å². The zero-order valence-corrected chi connectivity index (χ0v) is 13.7. The lowest BCUT2D eigenvalue weighted by Gasteiger charge is -2.23. The minimum absolute atomic E-state index is 0.173. The van der Waals surface area contributed by atoms with Gasteiger partial charge in [0.25, 0.3) is 0 Å². The first-order chi connectivity index (χ1) is 10.9. The molecule has 0 spiro atoms. The van der Waals surface area contributed by atoms with E-state index in [0.29, 0.717) is 11.4 Å². The third-order valence-electron chi connectivity index (χ3n) is 3.55. The van der Waals surface area contributed by atoms with Gasteiger partial charge in [-0.25, -0.2) is 0 Å². The highest BCUT2D eigenvalue weighted by atomic mass is 16.5. The third-order valence-corrected chi connectivity index (χ3v) is 3.55. The van der Waals surface area contributed by atoms with E-state index in [9.17, 15) is 4.79 Å². The molecule has 0 saturated carbocycles. The zero-order chi connectivity index (χ0) is 16.6. The average molecular weight is 309 g/mol. The summed E-state index contributed by atoms with van der Waals surface area (Å²) in [6.07, 6.45) is 0. The molecule has 0 aliphatic heterocycles. The highest BCUT2D eigenvalue weighted by Gasteiger charge is 2.24. The molecule has 23 heavy (non-hydrogen) atoms. The molecule has 5 heteroatoms. The summed E-state index contributed by atoms with van der Waals surface area (Å²) >= 11 is 0. The Labute approximate surface area is 134 Å². The Kier molecular flexibility index (Phi) is 3.64. The minimum atomic E-state index is -0.361. The Balaban J connectivity index is 2.23. The third kappa shape index (κ3) is 2.95. The Morgan fingerprint density at radius 1 is 1.00 bits per heavy atom. The number of hydrogen-bond acceptors (Lipinski definition) is 4. The van der Waals surface area contributed by atoms with E-state index < -0.39 is 0 Å². The number of rotatable bonds is 2. The fourth-order valence-corrected chi connectivity index (χ4v) is 2.49. The molecule has 0 bridgehead atoms. The van der Waals surface area contributed by atoms with Crippen LogP contribution in [0, 0.1) is 0 Å². The second-order valence-corrected chi connectivity index (χ2v) is 6.48. The number of carbonyl (C=O) groups is 1. The van der Waals surface area contributed by atoms with Crippen molar-refractivity contribution in [3.05, 3.63) is 48.0 Å². The van der Waals surface area contributed by atoms with Crippen LogP contribution in [0.2, 0.25) is 0 Å². The number of aromatic nitrogens is 3. The molecule has 1 aromatic heterocycles. The van der Waals surface area contributed by atoms with Crippen LogP contribution in [0.4, 0.5) is 0 Å². The number of carbonyl (C=O) groups excluding carboxylic acids is 1. The minimum Gasteiger partial charge on any atom is -0.424 e. The van der Waals surface area contributed by atoms with Gasteiger partial charge >= 0.3 is 5.97 Å². The summed E-state index contributed by atoms with van der Waals surface area (Å²) in [5.41, 5.74) is 3.01. The molecular weight excluding hydrogens is 290 g/mol. The molecule has 0 N–H and O–H groups in total. The molecule has 0 radical (unpaired) electrons. The van der Waals surface area contributed by atoms with Gasteiger partial charge in [-0.05, 0) is 23.6 Å². The Hall–Kier alpha value is -2.69. The molecule has 0 amide bonds. The van der Waals surface area contributed by atoms with Crippen molar-refractivity contribution in [2.24, 2.45) is 0 Å². The van der Waals surface area contributed by atoms with Crippen LogP contribution in [-0.4, -0.2) is 21.0 Å². The van der Waals surface area contributed by atoms with E-state index in [4.69, 9.17) is 4.74 Å². The van der Waals surface area contributed by atoms with E-state index in [1.807, 2.05) is 42.5 Å². The molecule has 0 fully saturated rings. The molecule has 118 valence electrons. The van der Waals surface area contributed by atoms with Crippen LogP contribution in [-0.2, 0) is 10.2 Å². The second kappa shape index (κ2) is 5.50. The van der Waals surface area contributed by atoms with E-state index in [1.165, 1.54) is 11.7 Å². The van der Waals surface area contributed by atoms with Gasteiger partial charge in [-0.3, -0.25) is 4.79 Å². The van der Waals surface area contributed by atoms with Gasteiger partial charge in [-0.15, -0.1) is 15.0 Å². The van der Waals surface area contributed by atoms with Crippen LogP contribution < -0.4 is 4.74 Å². The van der Waals surface area contributed by atoms with Crippen molar-refractivity contribution in [2.75, 3.05) is 0 Å². The molecule has 0 atom stereocenters. The summed E-state index contributed by atoms with van der Waals surface area (Å²) in [5.74, 6) is 0.146. The Morgan fingerprint density at radius 3 is 2.13 bits per heavy atom. The number of fused-ring (bicyclic) bond motifs is 1. The van der Waals surface area contributed by atoms with E-state index in [2.05, 4.69) is 31.0 Å². The molecule has 0 unspecified atom stereocenters. The number of hydrogen-bond donors (Lipinski definition) is 0. The Morgan fingerprint density at radius 2 is 1.61 bits per heavy atom. The summed E-state index contributed by atoms with van der Waals surface area (Å²) in [6.45, 7) is 7.63. The van der Waals surface area contributed by atoms with Crippen molar-refractivity contribution in [1.82, 2.24) is 15.0 Å². The van der Waals surface area contributed by atoms with Crippen LogP contribution in [0.15, 0.2) is 42.5 Å². The van der Waals surface area contributed by atoms with Crippen molar-refractivity contribution < 1.29 is 9.53 Å². The van der Waals surface area contributed by atoms with Crippen molar-refractivity contribution in [1.29, 1.82) is 0 Å². The predicted octanol–water partition coefficient (Wildman–Crippen LogP) is 3.64. The topological polar surface area (TPSA) is 57.0 Å². The van der Waals surface area contributed by atoms with Gasteiger partial charge in [0.15, 0.2) is 5.75 Å². The van der Waals surface area contributed by atoms with Crippen molar-refractivity contribution in [3.63, 3.8) is 0 Å². The summed E-state index contributed by atoms with van der Waals surface area (Å²) in [7, 11) is 0. The number of ether oxygens (including phenoxy) is 1. The van der Waals surface area contributed by atoms with E-state index >= 15 is 0 Å². The lowest BCUT2D eigenvalue weighted by atomic mass is 9.86. The lowest BCUT2D eigenvalue weighted by molar-refractivity contribution is -0.131. The maximum Gasteiger partial charge on any atom is 0.308 e. The number of para-hydroxylation sites is 1. The SMILES string of the molecule is CC(=O)Oc1c(-n2nc3ccccc3n2)cccc1C(C)(C)C. The van der Waals surface area contributed by atoms with Crippen LogP contribution in [0.25, 0.3) is 16.7 Å². The van der Waals surface area contributed by atoms with Gasteiger partial charge in [0, 0.05) is 12.5 Å². The van der Waals surface area contributed by atoms with Crippen LogP contribution >= 0.6 is 0 Å². The largest absolute Gasteiger partial charge is 0.424 e. The normalized spacial score (nSPS) is 11.7. The van der Waals surface area contributed by atoms with Gasteiger partial charge in [0.2, 0.25) is 0 Å². The number of nitrogens with zero attached hydrogens (tertiary/aromatic N) is 3. The molecule has 5 nitrogen and oxygen atoms in total. The average Bonchev–Trinajstić information content (AvgIpc) is 2.89. The first kappa shape index (κ1) is 15.2. The second-order valence-electron chi connectivity index (χ2n) is 6.48. The molecule has 0 saturated heterocycles. The van der Waals surface area contributed by atoms with Gasteiger partial charge in [0.1, 0.15) is 16.7 Å². The maximum atomic E-state index is 11.6. The number of benzene rings is 2. The van der Waals surface area contributed by atoms with Crippen molar-refractivity contribution >= 4 is 17.0 Å². The fourth-order valence-electron chi connectivity index (χ4n) is 2.49. The molecule has 1 heterocycles. The van der Waals surface area contributed by atoms with Crippen LogP contribution in [0.5, 0.6) is 5.75 Å². The quantitative estimate of drug-likeness (QED) is 0.535. The summed E-state index contributed by atoms with van der Waals surface area (Å²) in [4.78, 5) is 13.1. The molecule has 3 rings (SSSR count). The van der Waals surface area contributed by atoms with Crippen molar-refractivity contribution in [2.45, 2.75) is 33.1 Å². The predicted molar refractivity (Wildman–Crippen MR) is 88.9 cm³/mol. The Bertz CT molecular complexity index is 842. The number of esters is 1. The first-order valence-electron chi connectivity index (χ1n) is 7.50. The summed E-state index contributed by atoms with van der Waals surface area (Å²) in [5, 5.41) is 8.98. The highest BCUT2D eigenvalue weighted by Crippen LogP contribution is 2.36. The van der Waals surface area contributed by atoms with Gasteiger partial charge < -0.3 is 4.74 Å². The lowest BCUT2D eigenvalue weighted by Crippen LogP contribution is -2.17. The molecule has 3 aromatic rings. The maximum absolute atomic E-state index is 11.6. The summed E-state index contributed by atoms with van der Waals surface area (Å²) in [6, 6.07) is 13.4. The van der Waals surface area contributed by atoms with Crippen LogP contribution in [0.1, 0.15) is 33.3 Å². The van der Waals surface area contributed by atoms with Gasteiger partial charge in [-0.2, -0.15) is 0 Å². The van der Waals surface area contributed by atoms with E-state index in [0.717, 1.165) is 16.6 Å². The highest BCUT2D eigenvalue weighted by molar-refractivity contribution is 5.75. The molecule has 0 aliphatic rings. The first-order valence-corrected chi connectivity index (χ1v) is 7.50. The standard InChI is InChI=1S/C18H19N3O2/c1-12(22)23-17-13(18(2,3)4)8-7-11-16(17)21-19-14-9-5-6-10-15(14)20-21/h5-11H,1-4H3. The van der Waals surface area contributed by atoms with Gasteiger partial charge in [0.05, 0.1) is 0 Å². The van der Waals surface area contributed by atoms with Gasteiger partial charge in [-0.1, -0.05) is 45.0 Å². The smallest absolute Gasteiger partial charge is 0.308 e. The zero-order valence-electron chi connectivity index (χ0n) is 13.7. The van der Waals surface area contributed by atoms with Crippen LogP contribution in [0.3, 0.4) is 0 Å². The van der Waals surface area contributed by atoms with E-state index in [-0.39, 0.29) is 11.4 Å². The van der Waals surface area contributed by atoms with Crippen molar-refractivity contribution in [3.8, 4) is 11.4 Å². The fraction of sp³-hybridized carbons (Fsp3) is 0.278. The molecule has 2 aromatic carbocycles. The summed E-state index contributed by atoms with van der Waals surface area (Å²) < 4.78 is 5.51. The molecule has 0 aliphatic carbocycles. The molecular formula is C18H19N3O2. The monoisotopic (exact) mass is 309 g/mol.